The van der Waals surface area contributed by atoms with E-state index >= 15 is 0 Å². The van der Waals surface area contributed by atoms with Gasteiger partial charge in [-0.2, -0.15) is 0 Å². The Morgan fingerprint density at radius 2 is 1.96 bits per heavy atom. The maximum atomic E-state index is 12.0. The number of nitrogens with zero attached hydrogens (tertiary/aromatic N) is 2. The summed E-state index contributed by atoms with van der Waals surface area (Å²) in [4.78, 5) is 27.8. The lowest BCUT2D eigenvalue weighted by Gasteiger charge is -2.09. The van der Waals surface area contributed by atoms with Crippen molar-refractivity contribution in [3.63, 3.8) is 0 Å². The van der Waals surface area contributed by atoms with Crippen LogP contribution in [0, 0.1) is 0 Å². The summed E-state index contributed by atoms with van der Waals surface area (Å²) in [5.74, 6) is 1.51. The largest absolute Gasteiger partial charge is 0.497 e. The summed E-state index contributed by atoms with van der Waals surface area (Å²) in [6, 6.07) is 15.5. The lowest BCUT2D eigenvalue weighted by Crippen LogP contribution is -2.31. The van der Waals surface area contributed by atoms with Crippen LogP contribution in [0.4, 0.5) is 0 Å². The summed E-state index contributed by atoms with van der Waals surface area (Å²) >= 11 is 0. The van der Waals surface area contributed by atoms with Crippen LogP contribution < -0.4 is 20.3 Å². The first kappa shape index (κ1) is 18.2. The molecule has 0 aliphatic carbocycles. The molecule has 3 rings (SSSR count). The van der Waals surface area contributed by atoms with E-state index in [-0.39, 0.29) is 18.0 Å². The van der Waals surface area contributed by atoms with Gasteiger partial charge in [0.1, 0.15) is 18.0 Å². The number of hydrogen-bond donors (Lipinski definition) is 1. The molecule has 2 heterocycles. The van der Waals surface area contributed by atoms with Gasteiger partial charge in [0.05, 0.1) is 7.11 Å². The Kier molecular flexibility index (Phi) is 5.84. The van der Waals surface area contributed by atoms with Gasteiger partial charge in [-0.25, -0.2) is 4.98 Å². The topological polar surface area (TPSA) is 82.5 Å². The van der Waals surface area contributed by atoms with Crippen LogP contribution >= 0.6 is 0 Å². The molecular formula is C20H19N3O4. The normalized spacial score (nSPS) is 10.3. The Bertz CT molecular complexity index is 967. The number of carbonyl (C=O) groups excluding carboxylic acids is 1. The molecule has 0 saturated carbocycles. The van der Waals surface area contributed by atoms with Crippen molar-refractivity contribution < 1.29 is 14.3 Å². The van der Waals surface area contributed by atoms with Gasteiger partial charge in [-0.05, 0) is 23.8 Å². The van der Waals surface area contributed by atoms with Crippen molar-refractivity contribution in [2.24, 2.45) is 0 Å². The molecule has 0 saturated heterocycles. The van der Waals surface area contributed by atoms with Crippen LogP contribution in [0.2, 0.25) is 0 Å². The van der Waals surface area contributed by atoms with E-state index in [2.05, 4.69) is 10.3 Å². The summed E-state index contributed by atoms with van der Waals surface area (Å²) in [5, 5.41) is 2.76. The molecule has 0 unspecified atom stereocenters. The standard InChI is InChI=1S/C20H19N3O4/c1-26-16-5-4-6-17(11-16)27-19-9-8-15(13-22-19)12-21-18(24)14-23-10-3-2-7-20(23)25/h2-11,13H,12,14H2,1H3,(H,21,24). The molecule has 138 valence electrons. The third-order valence-electron chi connectivity index (χ3n) is 3.76. The van der Waals surface area contributed by atoms with Gasteiger partial charge < -0.3 is 19.4 Å². The number of nitrogens with one attached hydrogen (secondary N) is 1. The Balaban J connectivity index is 1.53. The van der Waals surface area contributed by atoms with Gasteiger partial charge in [-0.3, -0.25) is 9.59 Å². The summed E-state index contributed by atoms with van der Waals surface area (Å²) in [5.41, 5.74) is 0.607. The minimum absolute atomic E-state index is 0.0237. The Labute approximate surface area is 156 Å². The molecule has 0 aliphatic rings. The third kappa shape index (κ3) is 5.18. The zero-order chi connectivity index (χ0) is 19.1. The van der Waals surface area contributed by atoms with E-state index in [4.69, 9.17) is 9.47 Å². The van der Waals surface area contributed by atoms with E-state index in [1.165, 1.54) is 10.6 Å². The van der Waals surface area contributed by atoms with Crippen molar-refractivity contribution in [3.8, 4) is 17.4 Å². The molecular weight excluding hydrogens is 346 g/mol. The first-order chi connectivity index (χ1) is 13.1. The minimum atomic E-state index is -0.250. The maximum absolute atomic E-state index is 12.0. The molecule has 0 aliphatic heterocycles. The number of benzene rings is 1. The Morgan fingerprint density at radius 1 is 1.11 bits per heavy atom. The molecule has 3 aromatic rings. The van der Waals surface area contributed by atoms with Crippen molar-refractivity contribution in [1.29, 1.82) is 0 Å². The molecule has 1 N–H and O–H groups in total. The molecule has 0 fully saturated rings. The van der Waals surface area contributed by atoms with Crippen molar-refractivity contribution in [2.45, 2.75) is 13.1 Å². The Hall–Kier alpha value is -3.61. The van der Waals surface area contributed by atoms with E-state index in [9.17, 15) is 9.59 Å². The minimum Gasteiger partial charge on any atom is -0.497 e. The van der Waals surface area contributed by atoms with Gasteiger partial charge in [-0.1, -0.05) is 18.2 Å². The summed E-state index contributed by atoms with van der Waals surface area (Å²) < 4.78 is 12.2. The van der Waals surface area contributed by atoms with Gasteiger partial charge in [0, 0.05) is 37.1 Å². The van der Waals surface area contributed by atoms with E-state index in [0.29, 0.717) is 23.9 Å². The highest BCUT2D eigenvalue weighted by Gasteiger charge is 2.05. The lowest BCUT2D eigenvalue weighted by molar-refractivity contribution is -0.121. The molecule has 7 heteroatoms. The van der Waals surface area contributed by atoms with Crippen LogP contribution in [0.1, 0.15) is 5.56 Å². The molecule has 0 spiro atoms. The highest BCUT2D eigenvalue weighted by Crippen LogP contribution is 2.23. The fourth-order valence-electron chi connectivity index (χ4n) is 2.36. The summed E-state index contributed by atoms with van der Waals surface area (Å²) in [7, 11) is 1.59. The number of methoxy groups -OCH3 is 1. The third-order valence-corrected chi connectivity index (χ3v) is 3.76. The van der Waals surface area contributed by atoms with Crippen LogP contribution in [-0.4, -0.2) is 22.6 Å². The molecule has 1 aromatic carbocycles. The monoisotopic (exact) mass is 365 g/mol. The molecule has 0 radical (unpaired) electrons. The Morgan fingerprint density at radius 3 is 2.70 bits per heavy atom. The van der Waals surface area contributed by atoms with Gasteiger partial charge >= 0.3 is 0 Å². The van der Waals surface area contributed by atoms with E-state index in [0.717, 1.165) is 5.56 Å². The highest BCUT2D eigenvalue weighted by atomic mass is 16.5. The number of carbonyl (C=O) groups is 1. The van der Waals surface area contributed by atoms with Crippen LogP contribution in [0.3, 0.4) is 0 Å². The first-order valence-electron chi connectivity index (χ1n) is 8.33. The molecule has 2 aromatic heterocycles. The number of amides is 1. The van der Waals surface area contributed by atoms with Crippen molar-refractivity contribution in [2.75, 3.05) is 7.11 Å². The quantitative estimate of drug-likeness (QED) is 0.695. The maximum Gasteiger partial charge on any atom is 0.250 e. The number of pyridine rings is 2. The average Bonchev–Trinajstić information content (AvgIpc) is 2.69. The first-order valence-corrected chi connectivity index (χ1v) is 8.33. The smallest absolute Gasteiger partial charge is 0.250 e. The van der Waals surface area contributed by atoms with E-state index in [1.807, 2.05) is 24.3 Å². The molecule has 0 bridgehead atoms. The SMILES string of the molecule is COc1cccc(Oc2ccc(CNC(=O)Cn3ccccc3=O)cn2)c1. The fraction of sp³-hybridized carbons (Fsp3) is 0.150. The lowest BCUT2D eigenvalue weighted by atomic mass is 10.3. The zero-order valence-electron chi connectivity index (χ0n) is 14.8. The van der Waals surface area contributed by atoms with Crippen molar-refractivity contribution in [1.82, 2.24) is 14.9 Å². The second kappa shape index (κ2) is 8.66. The van der Waals surface area contributed by atoms with E-state index < -0.39 is 0 Å². The van der Waals surface area contributed by atoms with Crippen molar-refractivity contribution >= 4 is 5.91 Å². The van der Waals surface area contributed by atoms with Gasteiger partial charge in [0.25, 0.3) is 5.56 Å². The van der Waals surface area contributed by atoms with Gasteiger partial charge in [-0.15, -0.1) is 0 Å². The van der Waals surface area contributed by atoms with Gasteiger partial charge in [0.15, 0.2) is 0 Å². The fourth-order valence-corrected chi connectivity index (χ4v) is 2.36. The predicted octanol–water partition coefficient (Wildman–Crippen LogP) is 2.36. The van der Waals surface area contributed by atoms with Crippen LogP contribution in [-0.2, 0) is 17.9 Å². The summed E-state index contributed by atoms with van der Waals surface area (Å²) in [6.07, 6.45) is 3.21. The summed E-state index contributed by atoms with van der Waals surface area (Å²) in [6.45, 7) is 0.289. The second-order valence-corrected chi connectivity index (χ2v) is 5.73. The molecule has 0 atom stereocenters. The van der Waals surface area contributed by atoms with Crippen LogP contribution in [0.15, 0.2) is 71.8 Å². The number of rotatable bonds is 7. The predicted molar refractivity (Wildman–Crippen MR) is 99.9 cm³/mol. The second-order valence-electron chi connectivity index (χ2n) is 5.73. The molecule has 27 heavy (non-hydrogen) atoms. The molecule has 1 amide bonds. The highest BCUT2D eigenvalue weighted by molar-refractivity contribution is 5.75. The van der Waals surface area contributed by atoms with Crippen LogP contribution in [0.5, 0.6) is 17.4 Å². The number of hydrogen-bond acceptors (Lipinski definition) is 5. The average molecular weight is 365 g/mol. The zero-order valence-corrected chi connectivity index (χ0v) is 14.8. The van der Waals surface area contributed by atoms with Gasteiger partial charge in [0.2, 0.25) is 11.8 Å². The molecule has 7 nitrogen and oxygen atoms in total. The van der Waals surface area contributed by atoms with Crippen molar-refractivity contribution in [3.05, 3.63) is 82.9 Å². The number of ether oxygens (including phenoxy) is 2. The number of aromatic nitrogens is 2. The van der Waals surface area contributed by atoms with E-state index in [1.54, 1.807) is 43.8 Å². The van der Waals surface area contributed by atoms with Crippen LogP contribution in [0.25, 0.3) is 0 Å².